The van der Waals surface area contributed by atoms with Crippen LogP contribution >= 0.6 is 11.3 Å². The van der Waals surface area contributed by atoms with E-state index >= 15 is 0 Å². The number of hydrogen-bond donors (Lipinski definition) is 1. The van der Waals surface area contributed by atoms with Crippen LogP contribution in [0.15, 0.2) is 12.1 Å². The number of nitrogens with zero attached hydrogens (tertiary/aromatic N) is 1. The molecule has 0 aliphatic carbocycles. The fourth-order valence-electron chi connectivity index (χ4n) is 1.98. The van der Waals surface area contributed by atoms with Crippen molar-refractivity contribution in [3.05, 3.63) is 21.9 Å². The van der Waals surface area contributed by atoms with E-state index in [1.807, 2.05) is 13.0 Å². The van der Waals surface area contributed by atoms with E-state index in [0.29, 0.717) is 13.1 Å². The number of likely N-dealkylation sites (tertiary alicyclic amines) is 1. The molecule has 2 heterocycles. The first-order valence-electron chi connectivity index (χ1n) is 5.74. The van der Waals surface area contributed by atoms with E-state index < -0.39 is 0 Å². The van der Waals surface area contributed by atoms with Crippen molar-refractivity contribution in [3.8, 4) is 0 Å². The van der Waals surface area contributed by atoms with Gasteiger partial charge in [0.25, 0.3) is 0 Å². The van der Waals surface area contributed by atoms with Gasteiger partial charge >= 0.3 is 0 Å². The average molecular weight is 252 g/mol. The molecule has 0 radical (unpaired) electrons. The van der Waals surface area contributed by atoms with Crippen LogP contribution in [0.25, 0.3) is 0 Å². The van der Waals surface area contributed by atoms with Gasteiger partial charge < -0.3 is 5.32 Å². The van der Waals surface area contributed by atoms with Crippen molar-refractivity contribution in [2.75, 3.05) is 6.54 Å². The van der Waals surface area contributed by atoms with Crippen LogP contribution in [-0.4, -0.2) is 29.3 Å². The van der Waals surface area contributed by atoms with E-state index in [9.17, 15) is 9.59 Å². The summed E-state index contributed by atoms with van der Waals surface area (Å²) in [5, 5.41) is 3.15. The van der Waals surface area contributed by atoms with E-state index in [0.717, 1.165) is 0 Å². The number of carbonyl (C=O) groups excluding carboxylic acids is 2. The zero-order valence-corrected chi connectivity index (χ0v) is 10.8. The molecule has 2 rings (SSSR count). The molecule has 0 bridgehead atoms. The number of nitrogens with one attached hydrogen (secondary N) is 1. The molecule has 2 amide bonds. The van der Waals surface area contributed by atoms with Crippen molar-refractivity contribution in [1.29, 1.82) is 0 Å². The third-order valence-electron chi connectivity index (χ3n) is 2.88. The molecule has 1 aromatic heterocycles. The van der Waals surface area contributed by atoms with Gasteiger partial charge in [-0.1, -0.05) is 0 Å². The van der Waals surface area contributed by atoms with Crippen LogP contribution in [0, 0.1) is 6.92 Å². The summed E-state index contributed by atoms with van der Waals surface area (Å²) in [5.74, 6) is -0.164. The Morgan fingerprint density at radius 1 is 1.47 bits per heavy atom. The van der Waals surface area contributed by atoms with Gasteiger partial charge in [0, 0.05) is 22.8 Å². The molecular formula is C12H16N2O2S. The maximum absolute atomic E-state index is 11.8. The van der Waals surface area contributed by atoms with Gasteiger partial charge in [-0.25, -0.2) is 0 Å². The number of rotatable bonds is 4. The van der Waals surface area contributed by atoms with Crippen LogP contribution in [0.2, 0.25) is 0 Å². The van der Waals surface area contributed by atoms with E-state index in [-0.39, 0.29) is 24.3 Å². The van der Waals surface area contributed by atoms with Crippen LogP contribution < -0.4 is 5.32 Å². The Morgan fingerprint density at radius 3 is 2.76 bits per heavy atom. The standard InChI is InChI=1S/C12H16N2O2S/c1-3-14-11(15)6-10(12(14)16)13-7-9-5-4-8(2)17-9/h4-5,10,13H,3,6-7H2,1-2H3. The Labute approximate surface area is 105 Å². The second-order valence-electron chi connectivity index (χ2n) is 4.13. The van der Waals surface area contributed by atoms with Gasteiger partial charge in [0.2, 0.25) is 11.8 Å². The Balaban J connectivity index is 1.92. The highest BCUT2D eigenvalue weighted by atomic mass is 32.1. The summed E-state index contributed by atoms with van der Waals surface area (Å²) in [6.45, 7) is 4.99. The second-order valence-corrected chi connectivity index (χ2v) is 5.50. The summed E-state index contributed by atoms with van der Waals surface area (Å²) < 4.78 is 0. The first-order chi connectivity index (χ1) is 8.11. The quantitative estimate of drug-likeness (QED) is 0.822. The minimum atomic E-state index is -0.343. The van der Waals surface area contributed by atoms with Gasteiger partial charge in [0.15, 0.2) is 0 Å². The highest BCUT2D eigenvalue weighted by Gasteiger charge is 2.36. The number of likely N-dealkylation sites (N-methyl/N-ethyl adjacent to an activating group) is 1. The summed E-state index contributed by atoms with van der Waals surface area (Å²) in [6.07, 6.45) is 0.289. The maximum Gasteiger partial charge on any atom is 0.246 e. The lowest BCUT2D eigenvalue weighted by Crippen LogP contribution is -2.38. The molecule has 1 aliphatic heterocycles. The van der Waals surface area contributed by atoms with E-state index in [4.69, 9.17) is 0 Å². The molecular weight excluding hydrogens is 236 g/mol. The van der Waals surface area contributed by atoms with Crippen molar-refractivity contribution in [3.63, 3.8) is 0 Å². The number of carbonyl (C=O) groups is 2. The molecule has 1 N–H and O–H groups in total. The van der Waals surface area contributed by atoms with Crippen LogP contribution in [-0.2, 0) is 16.1 Å². The van der Waals surface area contributed by atoms with E-state index in [1.165, 1.54) is 14.7 Å². The van der Waals surface area contributed by atoms with Crippen LogP contribution in [0.3, 0.4) is 0 Å². The fraction of sp³-hybridized carbons (Fsp3) is 0.500. The predicted octanol–water partition coefficient (Wildman–Crippen LogP) is 1.29. The molecule has 1 fully saturated rings. The Hall–Kier alpha value is -1.20. The molecule has 5 heteroatoms. The normalized spacial score (nSPS) is 20.4. The van der Waals surface area contributed by atoms with Gasteiger partial charge in [0.1, 0.15) is 0 Å². The van der Waals surface area contributed by atoms with Gasteiger partial charge in [-0.2, -0.15) is 0 Å². The first-order valence-corrected chi connectivity index (χ1v) is 6.56. The lowest BCUT2D eigenvalue weighted by molar-refractivity contribution is -0.138. The predicted molar refractivity (Wildman–Crippen MR) is 66.7 cm³/mol. The summed E-state index contributed by atoms with van der Waals surface area (Å²) >= 11 is 1.71. The Bertz CT molecular complexity index is 441. The second kappa shape index (κ2) is 4.98. The SMILES string of the molecule is CCN1C(=O)CC(NCc2ccc(C)s2)C1=O. The number of aryl methyl sites for hydroxylation is 1. The zero-order chi connectivity index (χ0) is 12.4. The van der Waals surface area contributed by atoms with Crippen molar-refractivity contribution in [2.45, 2.75) is 32.9 Å². The number of amides is 2. The fourth-order valence-corrected chi connectivity index (χ4v) is 2.82. The molecule has 1 unspecified atom stereocenters. The topological polar surface area (TPSA) is 49.4 Å². The average Bonchev–Trinajstić information content (AvgIpc) is 2.81. The minimum absolute atomic E-state index is 0.0719. The third kappa shape index (κ3) is 2.56. The molecule has 0 saturated carbocycles. The molecule has 0 aromatic carbocycles. The number of imide groups is 1. The van der Waals surface area contributed by atoms with Crippen LogP contribution in [0.5, 0.6) is 0 Å². The molecule has 1 aliphatic rings. The molecule has 92 valence electrons. The highest BCUT2D eigenvalue weighted by Crippen LogP contribution is 2.17. The van der Waals surface area contributed by atoms with Gasteiger partial charge in [-0.15, -0.1) is 11.3 Å². The minimum Gasteiger partial charge on any atom is -0.300 e. The number of hydrogen-bond acceptors (Lipinski definition) is 4. The van der Waals surface area contributed by atoms with Crippen molar-refractivity contribution >= 4 is 23.2 Å². The van der Waals surface area contributed by atoms with Crippen LogP contribution in [0.1, 0.15) is 23.1 Å². The molecule has 1 aromatic rings. The first kappa shape index (κ1) is 12.3. The molecule has 1 atom stereocenters. The summed E-state index contributed by atoms with van der Waals surface area (Å²) in [6, 6.07) is 3.76. The largest absolute Gasteiger partial charge is 0.300 e. The maximum atomic E-state index is 11.8. The summed E-state index contributed by atoms with van der Waals surface area (Å²) in [7, 11) is 0. The van der Waals surface area contributed by atoms with Crippen LogP contribution in [0.4, 0.5) is 0 Å². The van der Waals surface area contributed by atoms with Crippen molar-refractivity contribution < 1.29 is 9.59 Å². The van der Waals surface area contributed by atoms with Gasteiger partial charge in [0.05, 0.1) is 12.5 Å². The zero-order valence-electron chi connectivity index (χ0n) is 10.0. The lowest BCUT2D eigenvalue weighted by atomic mass is 10.2. The highest BCUT2D eigenvalue weighted by molar-refractivity contribution is 7.11. The smallest absolute Gasteiger partial charge is 0.246 e. The number of thiophene rings is 1. The Morgan fingerprint density at radius 2 is 2.24 bits per heavy atom. The third-order valence-corrected chi connectivity index (χ3v) is 3.88. The van der Waals surface area contributed by atoms with Crippen molar-refractivity contribution in [2.24, 2.45) is 0 Å². The summed E-state index contributed by atoms with van der Waals surface area (Å²) in [4.78, 5) is 27.1. The Kier molecular flexibility index (Phi) is 3.59. The monoisotopic (exact) mass is 252 g/mol. The molecule has 0 spiro atoms. The molecule has 17 heavy (non-hydrogen) atoms. The molecule has 1 saturated heterocycles. The van der Waals surface area contributed by atoms with Crippen molar-refractivity contribution in [1.82, 2.24) is 10.2 Å². The van der Waals surface area contributed by atoms with E-state index in [1.54, 1.807) is 11.3 Å². The van der Waals surface area contributed by atoms with Gasteiger partial charge in [-0.3, -0.25) is 14.5 Å². The summed E-state index contributed by atoms with van der Waals surface area (Å²) in [5.41, 5.74) is 0. The molecule has 4 nitrogen and oxygen atoms in total. The van der Waals surface area contributed by atoms with Gasteiger partial charge in [-0.05, 0) is 26.0 Å². The lowest BCUT2D eigenvalue weighted by Gasteiger charge is -2.12. The van der Waals surface area contributed by atoms with E-state index in [2.05, 4.69) is 18.3 Å².